The van der Waals surface area contributed by atoms with Crippen LogP contribution < -0.4 is 11.1 Å². The molecular formula is C16H16N4. The summed E-state index contributed by atoms with van der Waals surface area (Å²) in [5.74, 6) is 0.795. The standard InChI is InChI=1S/C16H16N4/c1-10-6-14-15(7-11(10)2)18-9-19-16(14)20-13-5-3-4-12(17)8-13/h3-9H,17H2,1-2H3,(H,18,19,20). The van der Waals surface area contributed by atoms with Crippen molar-refractivity contribution in [2.24, 2.45) is 0 Å². The molecule has 0 saturated carbocycles. The van der Waals surface area contributed by atoms with Gasteiger partial charge in [0.1, 0.15) is 12.1 Å². The summed E-state index contributed by atoms with van der Waals surface area (Å²) in [6.45, 7) is 4.17. The number of aromatic nitrogens is 2. The molecule has 0 amide bonds. The van der Waals surface area contributed by atoms with E-state index >= 15 is 0 Å². The zero-order chi connectivity index (χ0) is 14.1. The number of nitrogens with zero attached hydrogens (tertiary/aromatic N) is 2. The van der Waals surface area contributed by atoms with Crippen molar-refractivity contribution in [1.82, 2.24) is 9.97 Å². The minimum Gasteiger partial charge on any atom is -0.399 e. The Bertz CT molecular complexity index is 781. The summed E-state index contributed by atoms with van der Waals surface area (Å²) in [7, 11) is 0. The van der Waals surface area contributed by atoms with E-state index in [0.29, 0.717) is 0 Å². The molecule has 0 aliphatic heterocycles. The molecule has 4 heteroatoms. The lowest BCUT2D eigenvalue weighted by atomic mass is 10.1. The molecule has 100 valence electrons. The maximum atomic E-state index is 5.80. The SMILES string of the molecule is Cc1cc2ncnc(Nc3cccc(N)c3)c2cc1C. The fourth-order valence-corrected chi connectivity index (χ4v) is 2.17. The maximum absolute atomic E-state index is 5.80. The fraction of sp³-hybridized carbons (Fsp3) is 0.125. The molecule has 0 atom stereocenters. The number of nitrogen functional groups attached to an aromatic ring is 1. The predicted octanol–water partition coefficient (Wildman–Crippen LogP) is 3.57. The Hall–Kier alpha value is -2.62. The molecule has 0 unspecified atom stereocenters. The van der Waals surface area contributed by atoms with Crippen molar-refractivity contribution in [2.45, 2.75) is 13.8 Å². The van der Waals surface area contributed by atoms with Gasteiger partial charge < -0.3 is 11.1 Å². The van der Waals surface area contributed by atoms with Crippen molar-refractivity contribution < 1.29 is 0 Å². The van der Waals surface area contributed by atoms with E-state index in [9.17, 15) is 0 Å². The number of nitrogens with one attached hydrogen (secondary N) is 1. The number of hydrogen-bond donors (Lipinski definition) is 2. The van der Waals surface area contributed by atoms with Crippen LogP contribution in [-0.2, 0) is 0 Å². The van der Waals surface area contributed by atoms with Crippen LogP contribution in [0, 0.1) is 13.8 Å². The summed E-state index contributed by atoms with van der Waals surface area (Å²) in [4.78, 5) is 8.67. The van der Waals surface area contributed by atoms with Gasteiger partial charge in [-0.25, -0.2) is 9.97 Å². The number of fused-ring (bicyclic) bond motifs is 1. The molecule has 1 heterocycles. The molecule has 0 aliphatic rings. The van der Waals surface area contributed by atoms with E-state index in [1.165, 1.54) is 11.1 Å². The van der Waals surface area contributed by atoms with Crippen LogP contribution >= 0.6 is 0 Å². The van der Waals surface area contributed by atoms with Crippen molar-refractivity contribution >= 4 is 28.1 Å². The van der Waals surface area contributed by atoms with Gasteiger partial charge in [-0.15, -0.1) is 0 Å². The largest absolute Gasteiger partial charge is 0.399 e. The number of anilines is 3. The van der Waals surface area contributed by atoms with E-state index in [0.717, 1.165) is 28.1 Å². The van der Waals surface area contributed by atoms with Crippen molar-refractivity contribution in [3.05, 3.63) is 53.9 Å². The summed E-state index contributed by atoms with van der Waals surface area (Å²) in [6.07, 6.45) is 1.58. The molecule has 0 fully saturated rings. The first kappa shape index (κ1) is 12.4. The van der Waals surface area contributed by atoms with Crippen LogP contribution in [0.4, 0.5) is 17.2 Å². The van der Waals surface area contributed by atoms with Crippen molar-refractivity contribution in [3.8, 4) is 0 Å². The Kier molecular flexibility index (Phi) is 2.99. The van der Waals surface area contributed by atoms with E-state index in [-0.39, 0.29) is 0 Å². The fourth-order valence-electron chi connectivity index (χ4n) is 2.17. The monoisotopic (exact) mass is 264 g/mol. The number of nitrogens with two attached hydrogens (primary N) is 1. The van der Waals surface area contributed by atoms with Crippen LogP contribution in [0.2, 0.25) is 0 Å². The predicted molar refractivity (Wildman–Crippen MR) is 83.1 cm³/mol. The minimum absolute atomic E-state index is 0.723. The molecule has 2 aromatic carbocycles. The molecule has 4 nitrogen and oxygen atoms in total. The average Bonchev–Trinajstić information content (AvgIpc) is 2.41. The minimum atomic E-state index is 0.723. The lowest BCUT2D eigenvalue weighted by Crippen LogP contribution is -1.97. The average molecular weight is 264 g/mol. The van der Waals surface area contributed by atoms with E-state index < -0.39 is 0 Å². The molecule has 0 bridgehead atoms. The zero-order valence-electron chi connectivity index (χ0n) is 11.5. The van der Waals surface area contributed by atoms with Crippen LogP contribution in [0.3, 0.4) is 0 Å². The second-order valence-corrected chi connectivity index (χ2v) is 4.93. The Balaban J connectivity index is 2.09. The summed E-state index contributed by atoms with van der Waals surface area (Å²) in [6, 6.07) is 11.8. The Morgan fingerprint density at radius 1 is 1.00 bits per heavy atom. The summed E-state index contributed by atoms with van der Waals surface area (Å²) >= 11 is 0. The van der Waals surface area contributed by atoms with Gasteiger partial charge in [0.2, 0.25) is 0 Å². The van der Waals surface area contributed by atoms with Crippen molar-refractivity contribution in [3.63, 3.8) is 0 Å². The van der Waals surface area contributed by atoms with Crippen molar-refractivity contribution in [1.29, 1.82) is 0 Å². The highest BCUT2D eigenvalue weighted by atomic mass is 15.0. The van der Waals surface area contributed by atoms with Crippen LogP contribution in [-0.4, -0.2) is 9.97 Å². The van der Waals surface area contributed by atoms with Gasteiger partial charge in [0.25, 0.3) is 0 Å². The lowest BCUT2D eigenvalue weighted by Gasteiger charge is -2.10. The first-order valence-electron chi connectivity index (χ1n) is 6.48. The van der Waals surface area contributed by atoms with Crippen molar-refractivity contribution in [2.75, 3.05) is 11.1 Å². The van der Waals surface area contributed by atoms with Gasteiger partial charge >= 0.3 is 0 Å². The highest BCUT2D eigenvalue weighted by molar-refractivity contribution is 5.91. The highest BCUT2D eigenvalue weighted by Gasteiger charge is 2.06. The molecule has 3 aromatic rings. The van der Waals surface area contributed by atoms with Gasteiger partial charge in [-0.2, -0.15) is 0 Å². The van der Waals surface area contributed by atoms with E-state index in [1.54, 1.807) is 6.33 Å². The number of rotatable bonds is 2. The first-order valence-corrected chi connectivity index (χ1v) is 6.48. The molecular weight excluding hydrogens is 248 g/mol. The third-order valence-corrected chi connectivity index (χ3v) is 3.40. The van der Waals surface area contributed by atoms with Crippen LogP contribution in [0.25, 0.3) is 10.9 Å². The van der Waals surface area contributed by atoms with Gasteiger partial charge in [0.05, 0.1) is 5.52 Å². The highest BCUT2D eigenvalue weighted by Crippen LogP contribution is 2.26. The number of benzene rings is 2. The molecule has 1 aromatic heterocycles. The molecule has 20 heavy (non-hydrogen) atoms. The zero-order valence-corrected chi connectivity index (χ0v) is 11.5. The van der Waals surface area contributed by atoms with E-state index in [4.69, 9.17) is 5.73 Å². The second-order valence-electron chi connectivity index (χ2n) is 4.93. The molecule has 0 spiro atoms. The molecule has 0 aliphatic carbocycles. The summed E-state index contributed by atoms with van der Waals surface area (Å²) < 4.78 is 0. The summed E-state index contributed by atoms with van der Waals surface area (Å²) in [5.41, 5.74) is 10.8. The van der Waals surface area contributed by atoms with Gasteiger partial charge in [-0.1, -0.05) is 6.07 Å². The third kappa shape index (κ3) is 2.28. The number of aryl methyl sites for hydroxylation is 2. The van der Waals surface area contributed by atoms with Crippen LogP contribution in [0.5, 0.6) is 0 Å². The van der Waals surface area contributed by atoms with Crippen LogP contribution in [0.1, 0.15) is 11.1 Å². The molecule has 0 saturated heterocycles. The third-order valence-electron chi connectivity index (χ3n) is 3.40. The Labute approximate surface area is 117 Å². The first-order chi connectivity index (χ1) is 9.63. The smallest absolute Gasteiger partial charge is 0.141 e. The maximum Gasteiger partial charge on any atom is 0.141 e. The summed E-state index contributed by atoms with van der Waals surface area (Å²) in [5, 5.41) is 4.32. The van der Waals surface area contributed by atoms with E-state index in [1.807, 2.05) is 24.3 Å². The molecule has 0 radical (unpaired) electrons. The van der Waals surface area contributed by atoms with Gasteiger partial charge in [0, 0.05) is 16.8 Å². The lowest BCUT2D eigenvalue weighted by molar-refractivity contribution is 1.21. The van der Waals surface area contributed by atoms with Crippen LogP contribution in [0.15, 0.2) is 42.7 Å². The Morgan fingerprint density at radius 2 is 1.80 bits per heavy atom. The second kappa shape index (κ2) is 4.81. The van der Waals surface area contributed by atoms with Gasteiger partial charge in [-0.05, 0) is 55.3 Å². The quantitative estimate of drug-likeness (QED) is 0.694. The molecule has 3 N–H and O–H groups in total. The Morgan fingerprint density at radius 3 is 2.60 bits per heavy atom. The normalized spacial score (nSPS) is 10.7. The van der Waals surface area contributed by atoms with Gasteiger partial charge in [-0.3, -0.25) is 0 Å². The number of hydrogen-bond acceptors (Lipinski definition) is 4. The van der Waals surface area contributed by atoms with E-state index in [2.05, 4.69) is 41.3 Å². The topological polar surface area (TPSA) is 63.8 Å². The molecule has 3 rings (SSSR count). The van der Waals surface area contributed by atoms with Gasteiger partial charge in [0.15, 0.2) is 0 Å².